The highest BCUT2D eigenvalue weighted by molar-refractivity contribution is 5.50. The van der Waals surface area contributed by atoms with E-state index in [2.05, 4.69) is 28.4 Å². The molecule has 0 aromatic heterocycles. The lowest BCUT2D eigenvalue weighted by Crippen LogP contribution is -2.45. The van der Waals surface area contributed by atoms with Crippen molar-refractivity contribution < 1.29 is 18.9 Å². The van der Waals surface area contributed by atoms with Crippen LogP contribution in [0.25, 0.3) is 0 Å². The highest BCUT2D eigenvalue weighted by Crippen LogP contribution is 2.40. The lowest BCUT2D eigenvalue weighted by atomic mass is 9.95. The number of hydrogen-bond donors (Lipinski definition) is 1. The molecule has 0 saturated carbocycles. The van der Waals surface area contributed by atoms with Gasteiger partial charge >= 0.3 is 0 Å². The molecule has 1 N–H and O–H groups in total. The SMILES string of the molecule is CCOc1cc(C(c2ccc(OC)cc2OC)N2CCNCC2)ccc1OC. The van der Waals surface area contributed by atoms with E-state index in [1.54, 1.807) is 21.3 Å². The van der Waals surface area contributed by atoms with Gasteiger partial charge in [0.15, 0.2) is 11.5 Å². The zero-order valence-electron chi connectivity index (χ0n) is 17.2. The predicted octanol–water partition coefficient (Wildman–Crippen LogP) is 3.11. The van der Waals surface area contributed by atoms with Gasteiger partial charge in [0.2, 0.25) is 0 Å². The highest BCUT2D eigenvalue weighted by atomic mass is 16.5. The van der Waals surface area contributed by atoms with Gasteiger partial charge in [-0.3, -0.25) is 4.90 Å². The van der Waals surface area contributed by atoms with Gasteiger partial charge in [-0.2, -0.15) is 0 Å². The van der Waals surface area contributed by atoms with Crippen LogP contribution in [-0.2, 0) is 0 Å². The van der Waals surface area contributed by atoms with E-state index in [9.17, 15) is 0 Å². The molecule has 1 unspecified atom stereocenters. The van der Waals surface area contributed by atoms with Crippen LogP contribution in [0.5, 0.6) is 23.0 Å². The zero-order chi connectivity index (χ0) is 19.9. The molecule has 1 fully saturated rings. The minimum absolute atomic E-state index is 0.0491. The summed E-state index contributed by atoms with van der Waals surface area (Å²) in [6.45, 7) is 6.40. The first-order valence-electron chi connectivity index (χ1n) is 9.69. The van der Waals surface area contributed by atoms with Gasteiger partial charge in [0.1, 0.15) is 11.5 Å². The van der Waals surface area contributed by atoms with Gasteiger partial charge in [0.25, 0.3) is 0 Å². The molecule has 0 bridgehead atoms. The molecular weight excluding hydrogens is 356 g/mol. The number of nitrogens with one attached hydrogen (secondary N) is 1. The molecule has 0 radical (unpaired) electrons. The van der Waals surface area contributed by atoms with Gasteiger partial charge in [-0.15, -0.1) is 0 Å². The number of benzene rings is 2. The van der Waals surface area contributed by atoms with E-state index in [4.69, 9.17) is 18.9 Å². The van der Waals surface area contributed by atoms with Crippen molar-refractivity contribution in [2.24, 2.45) is 0 Å². The molecule has 6 heteroatoms. The largest absolute Gasteiger partial charge is 0.497 e. The summed E-state index contributed by atoms with van der Waals surface area (Å²) in [6.07, 6.45) is 0. The van der Waals surface area contributed by atoms with Crippen LogP contribution in [0.15, 0.2) is 36.4 Å². The molecule has 152 valence electrons. The second-order valence-electron chi connectivity index (χ2n) is 6.64. The number of piperazine rings is 1. The molecule has 2 aromatic rings. The number of nitrogens with zero attached hydrogens (tertiary/aromatic N) is 1. The molecule has 1 heterocycles. The Hall–Kier alpha value is -2.44. The summed E-state index contributed by atoms with van der Waals surface area (Å²) in [4.78, 5) is 2.47. The third-order valence-electron chi connectivity index (χ3n) is 5.06. The van der Waals surface area contributed by atoms with Crippen LogP contribution in [0.4, 0.5) is 0 Å². The lowest BCUT2D eigenvalue weighted by Gasteiger charge is -2.36. The molecule has 1 atom stereocenters. The number of hydrogen-bond acceptors (Lipinski definition) is 6. The summed E-state index contributed by atoms with van der Waals surface area (Å²) >= 11 is 0. The quantitative estimate of drug-likeness (QED) is 0.752. The number of methoxy groups -OCH3 is 3. The van der Waals surface area contributed by atoms with Crippen LogP contribution >= 0.6 is 0 Å². The Morgan fingerprint density at radius 3 is 2.29 bits per heavy atom. The van der Waals surface area contributed by atoms with Crippen LogP contribution in [-0.4, -0.2) is 59.0 Å². The molecular formula is C22H30N2O4. The summed E-state index contributed by atoms with van der Waals surface area (Å²) in [5, 5.41) is 3.43. The molecule has 1 aliphatic rings. The zero-order valence-corrected chi connectivity index (χ0v) is 17.2. The standard InChI is InChI=1S/C22H30N2O4/c1-5-28-21-14-16(6-9-19(21)26-3)22(24-12-10-23-11-13-24)18-8-7-17(25-2)15-20(18)27-4/h6-9,14-15,22-23H,5,10-13H2,1-4H3. The summed E-state index contributed by atoms with van der Waals surface area (Å²) in [5.41, 5.74) is 2.26. The van der Waals surface area contributed by atoms with Crippen molar-refractivity contribution in [3.8, 4) is 23.0 Å². The van der Waals surface area contributed by atoms with Crippen molar-refractivity contribution in [1.82, 2.24) is 10.2 Å². The Morgan fingerprint density at radius 1 is 0.893 bits per heavy atom. The van der Waals surface area contributed by atoms with Crippen molar-refractivity contribution >= 4 is 0 Å². The maximum Gasteiger partial charge on any atom is 0.161 e. The van der Waals surface area contributed by atoms with E-state index in [0.29, 0.717) is 6.61 Å². The Kier molecular flexibility index (Phi) is 7.01. The smallest absolute Gasteiger partial charge is 0.161 e. The Bertz CT molecular complexity index is 775. The van der Waals surface area contributed by atoms with Crippen molar-refractivity contribution in [1.29, 1.82) is 0 Å². The molecule has 0 amide bonds. The van der Waals surface area contributed by atoms with E-state index in [1.165, 1.54) is 0 Å². The molecule has 6 nitrogen and oxygen atoms in total. The molecule has 1 aliphatic heterocycles. The van der Waals surface area contributed by atoms with E-state index in [1.807, 2.05) is 25.1 Å². The van der Waals surface area contributed by atoms with Gasteiger partial charge in [-0.25, -0.2) is 0 Å². The Morgan fingerprint density at radius 2 is 1.64 bits per heavy atom. The van der Waals surface area contributed by atoms with Gasteiger partial charge in [-0.05, 0) is 36.8 Å². The Balaban J connectivity index is 2.09. The van der Waals surface area contributed by atoms with Crippen molar-refractivity contribution in [3.63, 3.8) is 0 Å². The van der Waals surface area contributed by atoms with Gasteiger partial charge in [-0.1, -0.05) is 6.07 Å². The second kappa shape index (κ2) is 9.66. The summed E-state index contributed by atoms with van der Waals surface area (Å²) in [7, 11) is 5.03. The first-order chi connectivity index (χ1) is 13.7. The first kappa shape index (κ1) is 20.3. The molecule has 1 saturated heterocycles. The molecule has 0 spiro atoms. The Labute approximate surface area is 167 Å². The van der Waals surface area contributed by atoms with Crippen LogP contribution in [0.3, 0.4) is 0 Å². The fourth-order valence-corrected chi connectivity index (χ4v) is 3.70. The van der Waals surface area contributed by atoms with Crippen molar-refractivity contribution in [2.45, 2.75) is 13.0 Å². The van der Waals surface area contributed by atoms with Gasteiger partial charge in [0, 0.05) is 37.8 Å². The first-order valence-corrected chi connectivity index (χ1v) is 9.69. The van der Waals surface area contributed by atoms with Gasteiger partial charge < -0.3 is 24.3 Å². The molecule has 2 aromatic carbocycles. The number of ether oxygens (including phenoxy) is 4. The highest BCUT2D eigenvalue weighted by Gasteiger charge is 2.27. The van der Waals surface area contributed by atoms with Crippen molar-refractivity contribution in [2.75, 3.05) is 54.1 Å². The minimum Gasteiger partial charge on any atom is -0.497 e. The van der Waals surface area contributed by atoms with E-state index in [0.717, 1.165) is 60.3 Å². The van der Waals surface area contributed by atoms with Gasteiger partial charge in [0.05, 0.1) is 34.0 Å². The fourth-order valence-electron chi connectivity index (χ4n) is 3.70. The second-order valence-corrected chi connectivity index (χ2v) is 6.64. The van der Waals surface area contributed by atoms with Crippen LogP contribution < -0.4 is 24.3 Å². The molecule has 28 heavy (non-hydrogen) atoms. The maximum atomic E-state index is 5.83. The van der Waals surface area contributed by atoms with E-state index >= 15 is 0 Å². The van der Waals surface area contributed by atoms with Crippen LogP contribution in [0.1, 0.15) is 24.1 Å². The predicted molar refractivity (Wildman–Crippen MR) is 110 cm³/mol. The van der Waals surface area contributed by atoms with Crippen LogP contribution in [0, 0.1) is 0 Å². The van der Waals surface area contributed by atoms with Crippen LogP contribution in [0.2, 0.25) is 0 Å². The van der Waals surface area contributed by atoms with Crippen molar-refractivity contribution in [3.05, 3.63) is 47.5 Å². The minimum atomic E-state index is 0.0491. The lowest BCUT2D eigenvalue weighted by molar-refractivity contribution is 0.194. The number of rotatable bonds is 8. The summed E-state index contributed by atoms with van der Waals surface area (Å²) in [5.74, 6) is 3.10. The monoisotopic (exact) mass is 386 g/mol. The van der Waals surface area contributed by atoms with E-state index < -0.39 is 0 Å². The normalized spacial score (nSPS) is 15.7. The maximum absolute atomic E-state index is 5.83. The third-order valence-corrected chi connectivity index (χ3v) is 5.06. The molecule has 0 aliphatic carbocycles. The average molecular weight is 386 g/mol. The summed E-state index contributed by atoms with van der Waals surface area (Å²) in [6, 6.07) is 12.2. The fraction of sp³-hybridized carbons (Fsp3) is 0.455. The van der Waals surface area contributed by atoms with E-state index in [-0.39, 0.29) is 6.04 Å². The summed E-state index contributed by atoms with van der Waals surface area (Å²) < 4.78 is 22.4. The average Bonchev–Trinajstić information content (AvgIpc) is 2.75. The molecule has 3 rings (SSSR count). The third kappa shape index (κ3) is 4.34. The topological polar surface area (TPSA) is 52.2 Å².